The topological polar surface area (TPSA) is 117 Å². The molecule has 0 saturated heterocycles. The molecule has 3 aromatic rings. The van der Waals surface area contributed by atoms with E-state index in [2.05, 4.69) is 51.5 Å². The number of para-hydroxylation sites is 1. The van der Waals surface area contributed by atoms with E-state index in [9.17, 15) is 14.7 Å². The van der Waals surface area contributed by atoms with Crippen LogP contribution in [0.3, 0.4) is 0 Å². The summed E-state index contributed by atoms with van der Waals surface area (Å²) in [5, 5.41) is 9.77. The van der Waals surface area contributed by atoms with Crippen LogP contribution in [0.5, 0.6) is 17.2 Å². The smallest absolute Gasteiger partial charge is 0.345 e. The summed E-state index contributed by atoms with van der Waals surface area (Å²) < 4.78 is 23.6. The molecule has 0 bridgehead atoms. The van der Waals surface area contributed by atoms with E-state index < -0.39 is 26.4 Å². The highest BCUT2D eigenvalue weighted by molar-refractivity contribution is 6.78. The van der Waals surface area contributed by atoms with Crippen LogP contribution in [0.15, 0.2) is 54.7 Å². The first-order valence-corrected chi connectivity index (χ1v) is 16.3. The number of aromatic nitrogens is 2. The second-order valence-electron chi connectivity index (χ2n) is 11.2. The molecule has 1 unspecified atom stereocenters. The fourth-order valence-corrected chi connectivity index (χ4v) is 10.9. The Labute approximate surface area is 249 Å². The zero-order valence-corrected chi connectivity index (χ0v) is 26.7. The molecule has 0 amide bonds. The van der Waals surface area contributed by atoms with Crippen LogP contribution in [0.1, 0.15) is 59.7 Å². The van der Waals surface area contributed by atoms with Crippen molar-refractivity contribution in [2.24, 2.45) is 0 Å². The van der Waals surface area contributed by atoms with Crippen LogP contribution in [-0.2, 0) is 27.4 Å². The quantitative estimate of drug-likeness (QED) is 0.158. The van der Waals surface area contributed by atoms with E-state index in [0.29, 0.717) is 51.0 Å². The van der Waals surface area contributed by atoms with Gasteiger partial charge in [0.15, 0.2) is 5.82 Å². The van der Waals surface area contributed by atoms with Gasteiger partial charge in [-0.05, 0) is 53.0 Å². The third-order valence-corrected chi connectivity index (χ3v) is 13.5. The summed E-state index contributed by atoms with van der Waals surface area (Å²) in [6.07, 6.45) is 0.191. The molecular weight excluding hydrogens is 552 g/mol. The fraction of sp³-hybridized carbons (Fsp3) is 0.438. The molecule has 1 atom stereocenters. The maximum absolute atomic E-state index is 12.0. The first-order chi connectivity index (χ1) is 19.9. The van der Waals surface area contributed by atoms with Crippen molar-refractivity contribution in [3.05, 3.63) is 66.0 Å². The molecule has 42 heavy (non-hydrogen) atoms. The molecule has 0 radical (unpaired) electrons. The molecule has 9 nitrogen and oxygen atoms in total. The molecule has 0 aliphatic carbocycles. The number of rotatable bonds is 14. The molecule has 3 rings (SSSR count). The molecule has 10 heteroatoms. The second kappa shape index (κ2) is 14.3. The molecule has 226 valence electrons. The number of nitrogens with zero attached hydrogens (tertiary/aromatic N) is 2. The van der Waals surface area contributed by atoms with Gasteiger partial charge in [0, 0.05) is 25.1 Å². The van der Waals surface area contributed by atoms with Gasteiger partial charge in [0.2, 0.25) is 6.10 Å². The predicted octanol–water partition coefficient (Wildman–Crippen LogP) is 6.84. The van der Waals surface area contributed by atoms with Gasteiger partial charge in [-0.1, -0.05) is 53.7 Å². The highest BCUT2D eigenvalue weighted by Crippen LogP contribution is 2.43. The zero-order chi connectivity index (χ0) is 31.0. The van der Waals surface area contributed by atoms with Crippen molar-refractivity contribution < 1.29 is 33.3 Å². The normalized spacial score (nSPS) is 12.4. The molecular formula is C32H42N2O7Si. The van der Waals surface area contributed by atoms with E-state index in [1.165, 1.54) is 6.92 Å². The molecule has 1 heterocycles. The summed E-state index contributed by atoms with van der Waals surface area (Å²) in [4.78, 5) is 32.7. The lowest BCUT2D eigenvalue weighted by Gasteiger charge is -2.42. The van der Waals surface area contributed by atoms with Crippen LogP contribution in [0, 0.1) is 0 Å². The van der Waals surface area contributed by atoms with E-state index >= 15 is 0 Å². The summed E-state index contributed by atoms with van der Waals surface area (Å²) in [6, 6.07) is 14.7. The standard InChI is InChI=1S/C32H42N2O7Si/c1-20(2)42(21(3)4,22(5)6)41-26-13-14-28(24(17-26)18-30(32(36)37)40-23(7)35)39-19-25-15-16-33-31(34-25)27-11-9-10-12-29(27)38-8/h9-17,20-22,30H,18-19H2,1-8H3,(H,36,37). The number of carboxylic acid groups (broad SMARTS) is 1. The van der Waals surface area contributed by atoms with Crippen molar-refractivity contribution in [1.82, 2.24) is 9.97 Å². The Kier molecular flexibility index (Phi) is 11.1. The van der Waals surface area contributed by atoms with E-state index in [4.69, 9.17) is 18.6 Å². The first-order valence-electron chi connectivity index (χ1n) is 14.2. The summed E-state index contributed by atoms with van der Waals surface area (Å²) >= 11 is 0. The van der Waals surface area contributed by atoms with Crippen molar-refractivity contribution in [3.63, 3.8) is 0 Å². The highest BCUT2D eigenvalue weighted by atomic mass is 28.4. The zero-order valence-electron chi connectivity index (χ0n) is 25.7. The largest absolute Gasteiger partial charge is 0.543 e. The predicted molar refractivity (Wildman–Crippen MR) is 163 cm³/mol. The van der Waals surface area contributed by atoms with E-state index in [1.54, 1.807) is 25.4 Å². The molecule has 2 aromatic carbocycles. The molecule has 0 saturated carbocycles. The third kappa shape index (κ3) is 7.67. The Bertz CT molecular complexity index is 1350. The van der Waals surface area contributed by atoms with Crippen LogP contribution in [0.25, 0.3) is 11.4 Å². The average Bonchev–Trinajstić information content (AvgIpc) is 2.94. The van der Waals surface area contributed by atoms with Gasteiger partial charge in [-0.25, -0.2) is 14.8 Å². The van der Waals surface area contributed by atoms with Gasteiger partial charge in [-0.2, -0.15) is 0 Å². The lowest BCUT2D eigenvalue weighted by Crippen LogP contribution is -2.50. The lowest BCUT2D eigenvalue weighted by molar-refractivity contribution is -0.162. The minimum atomic E-state index is -2.28. The number of carbonyl (C=O) groups excluding carboxylic acids is 1. The number of hydrogen-bond donors (Lipinski definition) is 1. The van der Waals surface area contributed by atoms with Crippen molar-refractivity contribution in [1.29, 1.82) is 0 Å². The minimum absolute atomic E-state index is 0.0860. The number of carboxylic acids is 1. The number of hydrogen-bond acceptors (Lipinski definition) is 8. The van der Waals surface area contributed by atoms with E-state index in [-0.39, 0.29) is 13.0 Å². The molecule has 0 spiro atoms. The summed E-state index contributed by atoms with van der Waals surface area (Å²) in [5.41, 5.74) is 2.97. The summed E-state index contributed by atoms with van der Waals surface area (Å²) in [5.74, 6) is 0.331. The van der Waals surface area contributed by atoms with Crippen molar-refractivity contribution >= 4 is 20.3 Å². The number of ether oxygens (including phenoxy) is 3. The first kappa shape index (κ1) is 32.6. The van der Waals surface area contributed by atoms with Crippen molar-refractivity contribution in [2.75, 3.05) is 7.11 Å². The highest BCUT2D eigenvalue weighted by Gasteiger charge is 2.47. The second-order valence-corrected chi connectivity index (χ2v) is 16.6. The van der Waals surface area contributed by atoms with Crippen LogP contribution in [0.2, 0.25) is 16.6 Å². The van der Waals surface area contributed by atoms with Gasteiger partial charge in [0.1, 0.15) is 23.9 Å². The SMILES string of the molecule is COc1ccccc1-c1nccc(COc2ccc(O[Si](C(C)C)(C(C)C)C(C)C)cc2CC(OC(C)=O)C(=O)O)n1. The monoisotopic (exact) mass is 594 g/mol. The molecule has 1 aromatic heterocycles. The maximum Gasteiger partial charge on any atom is 0.345 e. The Morgan fingerprint density at radius 2 is 1.60 bits per heavy atom. The Hall–Kier alpha value is -3.92. The third-order valence-electron chi connectivity index (χ3n) is 7.46. The summed E-state index contributed by atoms with van der Waals surface area (Å²) in [7, 11) is -0.690. The van der Waals surface area contributed by atoms with Crippen LogP contribution in [-0.4, -0.2) is 48.5 Å². The van der Waals surface area contributed by atoms with E-state index in [1.807, 2.05) is 36.4 Å². The van der Waals surface area contributed by atoms with E-state index in [0.717, 1.165) is 5.56 Å². The number of esters is 1. The Balaban J connectivity index is 1.97. The van der Waals surface area contributed by atoms with Crippen LogP contribution >= 0.6 is 0 Å². The number of carbonyl (C=O) groups is 2. The van der Waals surface area contributed by atoms with Crippen LogP contribution < -0.4 is 13.9 Å². The van der Waals surface area contributed by atoms with Gasteiger partial charge in [-0.15, -0.1) is 0 Å². The molecule has 0 aliphatic heterocycles. The van der Waals surface area contributed by atoms with Gasteiger partial charge < -0.3 is 23.7 Å². The molecule has 0 aliphatic rings. The number of benzene rings is 2. The lowest BCUT2D eigenvalue weighted by atomic mass is 10.1. The molecule has 0 fully saturated rings. The van der Waals surface area contributed by atoms with Gasteiger partial charge in [0.05, 0.1) is 18.4 Å². The summed E-state index contributed by atoms with van der Waals surface area (Å²) in [6.45, 7) is 14.5. The average molecular weight is 595 g/mol. The Morgan fingerprint density at radius 3 is 2.19 bits per heavy atom. The minimum Gasteiger partial charge on any atom is -0.543 e. The number of methoxy groups -OCH3 is 1. The fourth-order valence-electron chi connectivity index (χ4n) is 5.64. The van der Waals surface area contributed by atoms with Gasteiger partial charge in [0.25, 0.3) is 8.32 Å². The Morgan fingerprint density at radius 1 is 0.929 bits per heavy atom. The molecule has 1 N–H and O–H groups in total. The number of aliphatic carboxylic acids is 1. The van der Waals surface area contributed by atoms with Crippen molar-refractivity contribution in [3.8, 4) is 28.6 Å². The maximum atomic E-state index is 12.0. The van der Waals surface area contributed by atoms with Gasteiger partial charge >= 0.3 is 11.9 Å². The van der Waals surface area contributed by atoms with Crippen LogP contribution in [0.4, 0.5) is 0 Å². The van der Waals surface area contributed by atoms with Crippen molar-refractivity contribution in [2.45, 2.75) is 84.2 Å². The van der Waals surface area contributed by atoms with Gasteiger partial charge in [-0.3, -0.25) is 4.79 Å².